The third kappa shape index (κ3) is 29.7. The van der Waals surface area contributed by atoms with Gasteiger partial charge in [0.25, 0.3) is 0 Å². The zero-order valence-electron chi connectivity index (χ0n) is 14.3. The average molecular weight is 261 g/mol. The summed E-state index contributed by atoms with van der Waals surface area (Å²) in [4.78, 5) is 0. The van der Waals surface area contributed by atoms with E-state index < -0.39 is 0 Å². The number of rotatable bonds is 1. The van der Waals surface area contributed by atoms with E-state index in [1.165, 1.54) is 38.5 Å². The third-order valence-electron chi connectivity index (χ3n) is 2.49. The van der Waals surface area contributed by atoms with Crippen LogP contribution in [-0.4, -0.2) is 11.2 Å². The third-order valence-corrected chi connectivity index (χ3v) is 2.49. The molecule has 0 aromatic heterocycles. The van der Waals surface area contributed by atoms with Crippen molar-refractivity contribution in [3.63, 3.8) is 0 Å². The molecule has 1 aliphatic carbocycles. The van der Waals surface area contributed by atoms with Crippen LogP contribution >= 0.6 is 0 Å². The Morgan fingerprint density at radius 1 is 0.722 bits per heavy atom. The molecule has 1 heteroatoms. The Morgan fingerprint density at radius 2 is 1.00 bits per heavy atom. The second-order valence-corrected chi connectivity index (χ2v) is 5.33. The molecule has 0 radical (unpaired) electrons. The summed E-state index contributed by atoms with van der Waals surface area (Å²) in [6.45, 7) is 15.1. The lowest BCUT2D eigenvalue weighted by molar-refractivity contribution is 0.112. The minimum absolute atomic E-state index is 0.0196. The SMILES string of the molecule is CC1CCC(O)CC1.CCC.CCC.CCCC. The summed E-state index contributed by atoms with van der Waals surface area (Å²) in [5.74, 6) is 0.860. The van der Waals surface area contributed by atoms with Gasteiger partial charge in [-0.2, -0.15) is 0 Å². The van der Waals surface area contributed by atoms with E-state index in [9.17, 15) is 0 Å². The molecule has 1 aliphatic rings. The van der Waals surface area contributed by atoms with Crippen molar-refractivity contribution < 1.29 is 5.11 Å². The smallest absolute Gasteiger partial charge is 0.0540 e. The second kappa shape index (κ2) is 22.2. The van der Waals surface area contributed by atoms with Crippen molar-refractivity contribution in [1.29, 1.82) is 0 Å². The van der Waals surface area contributed by atoms with Crippen LogP contribution in [0.25, 0.3) is 0 Å². The molecule has 1 rings (SSSR count). The van der Waals surface area contributed by atoms with Crippen LogP contribution in [0.3, 0.4) is 0 Å². The molecule has 0 amide bonds. The van der Waals surface area contributed by atoms with Gasteiger partial charge in [0.1, 0.15) is 0 Å². The van der Waals surface area contributed by atoms with E-state index in [2.05, 4.69) is 48.5 Å². The Labute approximate surface area is 117 Å². The van der Waals surface area contributed by atoms with E-state index in [1.54, 1.807) is 0 Å². The molecule has 0 aromatic carbocycles. The second-order valence-electron chi connectivity index (χ2n) is 5.33. The van der Waals surface area contributed by atoms with Crippen LogP contribution in [0.15, 0.2) is 0 Å². The Balaban J connectivity index is -0.000000192. The quantitative estimate of drug-likeness (QED) is 0.595. The normalized spacial score (nSPS) is 21.3. The molecule has 0 saturated heterocycles. The molecule has 18 heavy (non-hydrogen) atoms. The Hall–Kier alpha value is -0.0400. The lowest BCUT2D eigenvalue weighted by Gasteiger charge is -2.21. The average Bonchev–Trinajstić information content (AvgIpc) is 2.35. The first kappa shape index (κ1) is 23.1. The van der Waals surface area contributed by atoms with Crippen molar-refractivity contribution >= 4 is 0 Å². The topological polar surface area (TPSA) is 20.2 Å². The van der Waals surface area contributed by atoms with Gasteiger partial charge < -0.3 is 5.11 Å². The van der Waals surface area contributed by atoms with Gasteiger partial charge in [0.15, 0.2) is 0 Å². The van der Waals surface area contributed by atoms with Crippen molar-refractivity contribution in [2.24, 2.45) is 5.92 Å². The Kier molecular flexibility index (Phi) is 28.4. The molecule has 1 saturated carbocycles. The Morgan fingerprint density at radius 3 is 1.17 bits per heavy atom. The minimum atomic E-state index is 0.0196. The first-order valence-corrected chi connectivity index (χ1v) is 8.21. The van der Waals surface area contributed by atoms with Crippen molar-refractivity contribution in [1.82, 2.24) is 0 Å². The van der Waals surface area contributed by atoms with E-state index in [0.717, 1.165) is 18.8 Å². The standard InChI is InChI=1S/C7H14O.C4H10.2C3H8/c1-6-2-4-7(8)5-3-6;1-3-4-2;2*1-3-2/h6-8H,2-5H2,1H3;3-4H2,1-2H3;2*3H2,1-2H3. The first-order chi connectivity index (χ1) is 8.53. The Bertz CT molecular complexity index is 90.2. The zero-order valence-corrected chi connectivity index (χ0v) is 14.3. The minimum Gasteiger partial charge on any atom is -0.393 e. The fraction of sp³-hybridized carbons (Fsp3) is 1.00. The van der Waals surface area contributed by atoms with Crippen molar-refractivity contribution in [3.8, 4) is 0 Å². The van der Waals surface area contributed by atoms with Gasteiger partial charge in [-0.05, 0) is 31.6 Å². The molecule has 114 valence electrons. The molecule has 0 spiro atoms. The van der Waals surface area contributed by atoms with E-state index in [-0.39, 0.29) is 6.10 Å². The number of hydrogen-bond acceptors (Lipinski definition) is 1. The van der Waals surface area contributed by atoms with Gasteiger partial charge >= 0.3 is 0 Å². The predicted molar refractivity (Wildman–Crippen MR) is 86.2 cm³/mol. The largest absolute Gasteiger partial charge is 0.393 e. The highest BCUT2D eigenvalue weighted by molar-refractivity contribution is 4.67. The van der Waals surface area contributed by atoms with Crippen LogP contribution < -0.4 is 0 Å². The van der Waals surface area contributed by atoms with E-state index in [4.69, 9.17) is 5.11 Å². The monoisotopic (exact) mass is 260 g/mol. The number of hydrogen-bond donors (Lipinski definition) is 1. The fourth-order valence-corrected chi connectivity index (χ4v) is 1.24. The zero-order chi connectivity index (χ0) is 14.8. The fourth-order valence-electron chi connectivity index (χ4n) is 1.24. The van der Waals surface area contributed by atoms with Gasteiger partial charge in [-0.15, -0.1) is 0 Å². The maximum atomic E-state index is 9.03. The van der Waals surface area contributed by atoms with E-state index in [1.807, 2.05) is 0 Å². The van der Waals surface area contributed by atoms with Crippen LogP contribution in [0.4, 0.5) is 0 Å². The van der Waals surface area contributed by atoms with Crippen LogP contribution in [-0.2, 0) is 0 Å². The predicted octanol–water partition coefficient (Wildman–Crippen LogP) is 6.20. The van der Waals surface area contributed by atoms with Gasteiger partial charge in [-0.1, -0.05) is 74.1 Å². The summed E-state index contributed by atoms with van der Waals surface area (Å²) in [6.07, 6.45) is 9.66. The van der Waals surface area contributed by atoms with Crippen LogP contribution in [0, 0.1) is 5.92 Å². The maximum absolute atomic E-state index is 9.03. The highest BCUT2D eigenvalue weighted by atomic mass is 16.3. The first-order valence-electron chi connectivity index (χ1n) is 8.21. The molecule has 0 bridgehead atoms. The summed E-state index contributed by atoms with van der Waals surface area (Å²) in [6, 6.07) is 0. The summed E-state index contributed by atoms with van der Waals surface area (Å²) in [5.41, 5.74) is 0. The number of aliphatic hydroxyl groups excluding tert-OH is 1. The van der Waals surface area contributed by atoms with Gasteiger partial charge in [0.05, 0.1) is 6.10 Å². The summed E-state index contributed by atoms with van der Waals surface area (Å²) < 4.78 is 0. The lowest BCUT2D eigenvalue weighted by atomic mass is 9.89. The molecule has 0 aliphatic heterocycles. The van der Waals surface area contributed by atoms with E-state index >= 15 is 0 Å². The van der Waals surface area contributed by atoms with Crippen LogP contribution in [0.2, 0.25) is 0 Å². The van der Waals surface area contributed by atoms with Crippen molar-refractivity contribution in [2.75, 3.05) is 0 Å². The van der Waals surface area contributed by atoms with E-state index in [0.29, 0.717) is 0 Å². The molecular weight excluding hydrogens is 220 g/mol. The van der Waals surface area contributed by atoms with Gasteiger partial charge in [0, 0.05) is 0 Å². The van der Waals surface area contributed by atoms with Crippen LogP contribution in [0.5, 0.6) is 0 Å². The summed E-state index contributed by atoms with van der Waals surface area (Å²) in [5, 5.41) is 9.03. The maximum Gasteiger partial charge on any atom is 0.0540 e. The molecule has 1 nitrogen and oxygen atoms in total. The van der Waals surface area contributed by atoms with Gasteiger partial charge in [0.2, 0.25) is 0 Å². The lowest BCUT2D eigenvalue weighted by Crippen LogP contribution is -2.15. The molecule has 0 aromatic rings. The molecule has 0 unspecified atom stereocenters. The highest BCUT2D eigenvalue weighted by Gasteiger charge is 2.14. The number of aliphatic hydroxyl groups is 1. The highest BCUT2D eigenvalue weighted by Crippen LogP contribution is 2.22. The van der Waals surface area contributed by atoms with Crippen LogP contribution in [0.1, 0.15) is 99.8 Å². The molecule has 0 heterocycles. The molecular formula is C17H40O. The van der Waals surface area contributed by atoms with Crippen molar-refractivity contribution in [2.45, 2.75) is 106 Å². The molecule has 1 fully saturated rings. The summed E-state index contributed by atoms with van der Waals surface area (Å²) >= 11 is 0. The molecule has 0 atom stereocenters. The molecule has 1 N–H and O–H groups in total. The number of unbranched alkanes of at least 4 members (excludes halogenated alkanes) is 1. The van der Waals surface area contributed by atoms with Crippen molar-refractivity contribution in [3.05, 3.63) is 0 Å². The summed E-state index contributed by atoms with van der Waals surface area (Å²) in [7, 11) is 0. The van der Waals surface area contributed by atoms with Gasteiger partial charge in [-0.3, -0.25) is 0 Å². The van der Waals surface area contributed by atoms with Gasteiger partial charge in [-0.25, -0.2) is 0 Å².